The minimum Gasteiger partial charge on any atom is -0.408 e. The zero-order valence-corrected chi connectivity index (χ0v) is 12.9. The third kappa shape index (κ3) is 3.12. The van der Waals surface area contributed by atoms with E-state index in [1.165, 1.54) is 0 Å². The fourth-order valence-electron chi connectivity index (χ4n) is 2.41. The second kappa shape index (κ2) is 6.19. The van der Waals surface area contributed by atoms with E-state index >= 15 is 0 Å². The Morgan fingerprint density at radius 3 is 2.95 bits per heavy atom. The largest absolute Gasteiger partial charge is 0.420 e. The molecule has 6 heteroatoms. The Labute approximate surface area is 131 Å². The van der Waals surface area contributed by atoms with Gasteiger partial charge in [0.25, 0.3) is 0 Å². The minimum absolute atomic E-state index is 0.0493. The average Bonchev–Trinajstić information content (AvgIpc) is 3.08. The number of amides is 1. The number of oxazole rings is 1. The highest BCUT2D eigenvalue weighted by molar-refractivity contribution is 7.07. The van der Waals surface area contributed by atoms with Crippen molar-refractivity contribution in [3.63, 3.8) is 0 Å². The maximum absolute atomic E-state index is 12.0. The smallest absolute Gasteiger partial charge is 0.408 e. The van der Waals surface area contributed by atoms with Crippen molar-refractivity contribution >= 4 is 28.3 Å². The number of rotatable bonds is 5. The van der Waals surface area contributed by atoms with Crippen LogP contribution in [0.4, 0.5) is 0 Å². The zero-order valence-electron chi connectivity index (χ0n) is 12.1. The van der Waals surface area contributed by atoms with Crippen LogP contribution in [0.2, 0.25) is 0 Å². The number of carbonyl (C=O) groups is 1. The van der Waals surface area contributed by atoms with Crippen LogP contribution in [-0.2, 0) is 17.8 Å². The second-order valence-electron chi connectivity index (χ2n) is 5.22. The Morgan fingerprint density at radius 2 is 2.18 bits per heavy atom. The molecule has 1 atom stereocenters. The van der Waals surface area contributed by atoms with Crippen LogP contribution in [0, 0.1) is 0 Å². The summed E-state index contributed by atoms with van der Waals surface area (Å²) in [5.41, 5.74) is 2.30. The van der Waals surface area contributed by atoms with Gasteiger partial charge in [0.1, 0.15) is 0 Å². The topological polar surface area (TPSA) is 64.2 Å². The van der Waals surface area contributed by atoms with Gasteiger partial charge in [0.2, 0.25) is 5.91 Å². The molecule has 1 aromatic carbocycles. The van der Waals surface area contributed by atoms with E-state index in [1.54, 1.807) is 22.0 Å². The molecule has 0 fully saturated rings. The summed E-state index contributed by atoms with van der Waals surface area (Å²) in [7, 11) is 0. The highest BCUT2D eigenvalue weighted by Crippen LogP contribution is 2.12. The quantitative estimate of drug-likeness (QED) is 0.786. The van der Waals surface area contributed by atoms with E-state index in [1.807, 2.05) is 41.9 Å². The van der Waals surface area contributed by atoms with Gasteiger partial charge in [0.15, 0.2) is 5.58 Å². The normalized spacial score (nSPS) is 12.4. The Bertz CT molecular complexity index is 833. The molecule has 0 saturated carbocycles. The zero-order chi connectivity index (χ0) is 15.5. The number of hydrogen-bond donors (Lipinski definition) is 1. The lowest BCUT2D eigenvalue weighted by atomic mass is 10.2. The maximum atomic E-state index is 12.0. The van der Waals surface area contributed by atoms with Crippen molar-refractivity contribution in [3.8, 4) is 0 Å². The number of aromatic nitrogens is 1. The van der Waals surface area contributed by atoms with Crippen molar-refractivity contribution in [2.75, 3.05) is 0 Å². The molecule has 1 amide bonds. The standard InChI is InChI=1S/C16H16N2O3S/c1-11(17-15(19)8-12-6-7-22-10-12)9-18-13-4-2-3-5-14(13)21-16(18)20/h2-7,10-11H,8-9H2,1H3,(H,17,19)/t11-/m0/s1. The van der Waals surface area contributed by atoms with Gasteiger partial charge in [-0.2, -0.15) is 11.3 Å². The van der Waals surface area contributed by atoms with E-state index in [-0.39, 0.29) is 11.9 Å². The summed E-state index contributed by atoms with van der Waals surface area (Å²) >= 11 is 1.57. The number of thiophene rings is 1. The summed E-state index contributed by atoms with van der Waals surface area (Å²) in [5, 5.41) is 6.82. The van der Waals surface area contributed by atoms with Gasteiger partial charge in [0.05, 0.1) is 11.9 Å². The third-order valence-electron chi connectivity index (χ3n) is 3.38. The summed E-state index contributed by atoms with van der Waals surface area (Å²) in [5.74, 6) is -0.452. The van der Waals surface area contributed by atoms with Crippen LogP contribution < -0.4 is 11.1 Å². The van der Waals surface area contributed by atoms with E-state index in [9.17, 15) is 9.59 Å². The molecule has 0 unspecified atom stereocenters. The summed E-state index contributed by atoms with van der Waals surface area (Å²) in [6, 6.07) is 9.04. The van der Waals surface area contributed by atoms with E-state index < -0.39 is 5.76 Å². The summed E-state index contributed by atoms with van der Waals surface area (Å²) in [4.78, 5) is 23.9. The van der Waals surface area contributed by atoms with E-state index in [4.69, 9.17) is 4.42 Å². The Morgan fingerprint density at radius 1 is 1.36 bits per heavy atom. The lowest BCUT2D eigenvalue weighted by Crippen LogP contribution is -2.38. The summed E-state index contributed by atoms with van der Waals surface area (Å²) < 4.78 is 6.73. The molecule has 0 aliphatic carbocycles. The van der Waals surface area contributed by atoms with Crippen molar-refractivity contribution in [1.29, 1.82) is 0 Å². The van der Waals surface area contributed by atoms with Gasteiger partial charge in [-0.1, -0.05) is 12.1 Å². The predicted molar refractivity (Wildman–Crippen MR) is 86.1 cm³/mol. The number of carbonyl (C=O) groups excluding carboxylic acids is 1. The summed E-state index contributed by atoms with van der Waals surface area (Å²) in [6.07, 6.45) is 0.356. The molecular weight excluding hydrogens is 300 g/mol. The molecule has 3 aromatic rings. The maximum Gasteiger partial charge on any atom is 0.420 e. The van der Waals surface area contributed by atoms with Gasteiger partial charge in [-0.15, -0.1) is 0 Å². The van der Waals surface area contributed by atoms with Crippen molar-refractivity contribution in [3.05, 3.63) is 57.2 Å². The van der Waals surface area contributed by atoms with Crippen LogP contribution in [0.5, 0.6) is 0 Å². The van der Waals surface area contributed by atoms with Crippen molar-refractivity contribution in [1.82, 2.24) is 9.88 Å². The fraction of sp³-hybridized carbons (Fsp3) is 0.250. The monoisotopic (exact) mass is 316 g/mol. The molecule has 0 bridgehead atoms. The molecule has 22 heavy (non-hydrogen) atoms. The van der Waals surface area contributed by atoms with E-state index in [2.05, 4.69) is 5.32 Å². The van der Waals surface area contributed by atoms with Crippen LogP contribution in [-0.4, -0.2) is 16.5 Å². The number of nitrogens with zero attached hydrogens (tertiary/aromatic N) is 1. The van der Waals surface area contributed by atoms with Crippen molar-refractivity contribution in [2.24, 2.45) is 0 Å². The van der Waals surface area contributed by atoms with Crippen LogP contribution in [0.25, 0.3) is 11.1 Å². The molecule has 5 nitrogen and oxygen atoms in total. The van der Waals surface area contributed by atoms with Gasteiger partial charge < -0.3 is 9.73 Å². The predicted octanol–water partition coefficient (Wildman–Crippen LogP) is 2.40. The molecule has 0 aliphatic rings. The molecule has 2 aromatic heterocycles. The lowest BCUT2D eigenvalue weighted by molar-refractivity contribution is -0.121. The molecule has 0 aliphatic heterocycles. The van der Waals surface area contributed by atoms with Gasteiger partial charge >= 0.3 is 5.76 Å². The molecule has 0 saturated heterocycles. The van der Waals surface area contributed by atoms with Crippen LogP contribution in [0.1, 0.15) is 12.5 Å². The van der Waals surface area contributed by atoms with E-state index in [0.29, 0.717) is 18.5 Å². The number of benzene rings is 1. The molecule has 0 radical (unpaired) electrons. The second-order valence-corrected chi connectivity index (χ2v) is 6.00. The first-order valence-corrected chi connectivity index (χ1v) is 7.96. The van der Waals surface area contributed by atoms with Gasteiger partial charge in [-0.25, -0.2) is 4.79 Å². The Hall–Kier alpha value is -2.34. The number of para-hydroxylation sites is 2. The van der Waals surface area contributed by atoms with Gasteiger partial charge in [-0.05, 0) is 41.4 Å². The van der Waals surface area contributed by atoms with Crippen LogP contribution in [0.15, 0.2) is 50.3 Å². The third-order valence-corrected chi connectivity index (χ3v) is 4.11. The molecule has 2 heterocycles. The van der Waals surface area contributed by atoms with Gasteiger partial charge in [-0.3, -0.25) is 9.36 Å². The van der Waals surface area contributed by atoms with Crippen molar-refractivity contribution < 1.29 is 9.21 Å². The highest BCUT2D eigenvalue weighted by atomic mass is 32.1. The molecule has 0 spiro atoms. The molecule has 3 rings (SSSR count). The van der Waals surface area contributed by atoms with Crippen LogP contribution >= 0.6 is 11.3 Å². The average molecular weight is 316 g/mol. The highest BCUT2D eigenvalue weighted by Gasteiger charge is 2.14. The van der Waals surface area contributed by atoms with Crippen LogP contribution in [0.3, 0.4) is 0 Å². The number of fused-ring (bicyclic) bond motifs is 1. The van der Waals surface area contributed by atoms with Crippen molar-refractivity contribution in [2.45, 2.75) is 25.9 Å². The first-order chi connectivity index (χ1) is 10.6. The number of nitrogens with one attached hydrogen (secondary N) is 1. The first kappa shape index (κ1) is 14.6. The van der Waals surface area contributed by atoms with Gasteiger partial charge in [0, 0.05) is 12.6 Å². The molecule has 114 valence electrons. The molecular formula is C16H16N2O3S. The Kier molecular flexibility index (Phi) is 4.11. The summed E-state index contributed by atoms with van der Waals surface area (Å²) in [6.45, 7) is 2.25. The molecule has 1 N–H and O–H groups in total. The fourth-order valence-corrected chi connectivity index (χ4v) is 3.08. The SMILES string of the molecule is C[C@@H](Cn1c(=O)oc2ccccc21)NC(=O)Cc1ccsc1. The van der Waals surface area contributed by atoms with E-state index in [0.717, 1.165) is 11.1 Å². The Balaban J connectivity index is 1.68. The number of hydrogen-bond acceptors (Lipinski definition) is 4. The lowest BCUT2D eigenvalue weighted by Gasteiger charge is -2.14. The minimum atomic E-state index is -0.403. The first-order valence-electron chi connectivity index (χ1n) is 7.02.